The number of hydrogen-bond donors (Lipinski definition) is 2. The summed E-state index contributed by atoms with van der Waals surface area (Å²) in [6, 6.07) is 1.58. The van der Waals surface area contributed by atoms with Crippen LogP contribution < -0.4 is 11.1 Å². The highest BCUT2D eigenvalue weighted by Crippen LogP contribution is 2.05. The Kier molecular flexibility index (Phi) is 5.89. The second-order valence-corrected chi connectivity index (χ2v) is 3.69. The Morgan fingerprint density at radius 1 is 1.57 bits per heavy atom. The van der Waals surface area contributed by atoms with Gasteiger partial charge < -0.3 is 11.1 Å². The third-order valence-corrected chi connectivity index (χ3v) is 2.36. The monoisotopic (exact) mass is 197 g/mol. The van der Waals surface area contributed by atoms with Crippen molar-refractivity contribution < 1.29 is 4.79 Å². The number of hydrogen-bond acceptors (Lipinski definition) is 3. The fourth-order valence-electron chi connectivity index (χ4n) is 0.930. The summed E-state index contributed by atoms with van der Waals surface area (Å²) in [6.07, 6.45) is 0.877. The van der Waals surface area contributed by atoms with Gasteiger partial charge in [0.05, 0.1) is 18.0 Å². The average Bonchev–Trinajstić information content (AvgIpc) is 2.22. The van der Waals surface area contributed by atoms with Gasteiger partial charge in [-0.15, -0.1) is 0 Å². The first kappa shape index (κ1) is 12.9. The van der Waals surface area contributed by atoms with Crippen molar-refractivity contribution in [3.05, 3.63) is 0 Å². The van der Waals surface area contributed by atoms with E-state index in [1.165, 1.54) is 0 Å². The highest BCUT2D eigenvalue weighted by molar-refractivity contribution is 5.81. The van der Waals surface area contributed by atoms with Gasteiger partial charge in [-0.05, 0) is 12.8 Å². The van der Waals surface area contributed by atoms with Crippen LogP contribution >= 0.6 is 0 Å². The van der Waals surface area contributed by atoms with Crippen molar-refractivity contribution in [3.63, 3.8) is 0 Å². The molecule has 4 heteroatoms. The normalized spacial score (nSPS) is 16.5. The maximum Gasteiger partial charge on any atom is 0.237 e. The standard InChI is InChI=1S/C10H19N3O/c1-4-8(3)9(12)10(14)13-6-7(2)5-11/h7-9H,4,6,12H2,1-3H3,(H,13,14). The van der Waals surface area contributed by atoms with E-state index in [1.807, 2.05) is 19.9 Å². The largest absolute Gasteiger partial charge is 0.353 e. The molecule has 0 saturated heterocycles. The lowest BCUT2D eigenvalue weighted by molar-refractivity contribution is -0.123. The van der Waals surface area contributed by atoms with Crippen molar-refractivity contribution in [1.29, 1.82) is 5.26 Å². The number of carbonyl (C=O) groups is 1. The summed E-state index contributed by atoms with van der Waals surface area (Å²) in [4.78, 5) is 11.4. The molecule has 0 aromatic carbocycles. The second-order valence-electron chi connectivity index (χ2n) is 3.69. The third-order valence-electron chi connectivity index (χ3n) is 2.36. The summed E-state index contributed by atoms with van der Waals surface area (Å²) in [6.45, 7) is 6.07. The molecule has 3 atom stereocenters. The molecule has 3 unspecified atom stereocenters. The zero-order valence-electron chi connectivity index (χ0n) is 9.08. The summed E-state index contributed by atoms with van der Waals surface area (Å²) in [7, 11) is 0. The maximum absolute atomic E-state index is 11.4. The Labute approximate surface area is 85.5 Å². The fraction of sp³-hybridized carbons (Fsp3) is 0.800. The molecule has 0 spiro atoms. The Morgan fingerprint density at radius 2 is 2.14 bits per heavy atom. The summed E-state index contributed by atoms with van der Waals surface area (Å²) < 4.78 is 0. The number of amides is 1. The summed E-state index contributed by atoms with van der Waals surface area (Å²) in [5, 5.41) is 11.2. The number of rotatable bonds is 5. The van der Waals surface area contributed by atoms with E-state index >= 15 is 0 Å². The zero-order chi connectivity index (χ0) is 11.1. The first-order valence-corrected chi connectivity index (χ1v) is 4.95. The van der Waals surface area contributed by atoms with E-state index in [4.69, 9.17) is 11.0 Å². The van der Waals surface area contributed by atoms with Gasteiger partial charge >= 0.3 is 0 Å². The van der Waals surface area contributed by atoms with Gasteiger partial charge in [0, 0.05) is 6.54 Å². The highest BCUT2D eigenvalue weighted by Gasteiger charge is 2.19. The van der Waals surface area contributed by atoms with Crippen LogP contribution in [0.5, 0.6) is 0 Å². The molecule has 4 nitrogen and oxygen atoms in total. The molecular weight excluding hydrogens is 178 g/mol. The molecule has 3 N–H and O–H groups in total. The van der Waals surface area contributed by atoms with Crippen LogP contribution in [0.1, 0.15) is 27.2 Å². The van der Waals surface area contributed by atoms with Gasteiger partial charge in [-0.3, -0.25) is 4.79 Å². The smallest absolute Gasteiger partial charge is 0.237 e. The Balaban J connectivity index is 3.91. The van der Waals surface area contributed by atoms with E-state index in [0.29, 0.717) is 6.54 Å². The molecule has 1 amide bonds. The van der Waals surface area contributed by atoms with Gasteiger partial charge in [-0.2, -0.15) is 5.26 Å². The molecular formula is C10H19N3O. The second kappa shape index (κ2) is 6.39. The molecule has 0 aromatic rings. The number of nitrogens with one attached hydrogen (secondary N) is 1. The minimum atomic E-state index is -0.467. The average molecular weight is 197 g/mol. The molecule has 0 radical (unpaired) electrons. The lowest BCUT2D eigenvalue weighted by Gasteiger charge is -2.17. The van der Waals surface area contributed by atoms with Gasteiger partial charge in [-0.1, -0.05) is 20.3 Å². The highest BCUT2D eigenvalue weighted by atomic mass is 16.2. The molecule has 0 aromatic heterocycles. The van der Waals surface area contributed by atoms with Crippen molar-refractivity contribution in [1.82, 2.24) is 5.32 Å². The summed E-state index contributed by atoms with van der Waals surface area (Å²) in [5.74, 6) is -0.156. The number of nitrogens with zero attached hydrogens (tertiary/aromatic N) is 1. The van der Waals surface area contributed by atoms with E-state index in [-0.39, 0.29) is 17.7 Å². The van der Waals surface area contributed by atoms with Gasteiger partial charge in [0.25, 0.3) is 0 Å². The van der Waals surface area contributed by atoms with E-state index in [1.54, 1.807) is 6.92 Å². The Morgan fingerprint density at radius 3 is 2.57 bits per heavy atom. The van der Waals surface area contributed by atoms with Gasteiger partial charge in [0.15, 0.2) is 0 Å². The number of nitriles is 1. The van der Waals surface area contributed by atoms with Crippen LogP contribution in [-0.2, 0) is 4.79 Å². The molecule has 80 valence electrons. The van der Waals surface area contributed by atoms with Crippen LogP contribution in [-0.4, -0.2) is 18.5 Å². The minimum Gasteiger partial charge on any atom is -0.353 e. The van der Waals surface area contributed by atoms with Crippen LogP contribution in [0.2, 0.25) is 0 Å². The van der Waals surface area contributed by atoms with Crippen molar-refractivity contribution in [2.75, 3.05) is 6.54 Å². The molecule has 0 aliphatic rings. The van der Waals surface area contributed by atoms with Crippen molar-refractivity contribution >= 4 is 5.91 Å². The van der Waals surface area contributed by atoms with E-state index in [0.717, 1.165) is 6.42 Å². The van der Waals surface area contributed by atoms with Crippen LogP contribution in [0.3, 0.4) is 0 Å². The van der Waals surface area contributed by atoms with E-state index < -0.39 is 6.04 Å². The minimum absolute atomic E-state index is 0.164. The van der Waals surface area contributed by atoms with Crippen molar-refractivity contribution in [2.45, 2.75) is 33.2 Å². The topological polar surface area (TPSA) is 78.9 Å². The van der Waals surface area contributed by atoms with Crippen LogP contribution in [0.25, 0.3) is 0 Å². The maximum atomic E-state index is 11.4. The Hall–Kier alpha value is -1.08. The van der Waals surface area contributed by atoms with Gasteiger partial charge in [0.2, 0.25) is 5.91 Å². The SMILES string of the molecule is CCC(C)C(N)C(=O)NCC(C)C#N. The summed E-state index contributed by atoms with van der Waals surface area (Å²) in [5.41, 5.74) is 5.70. The van der Waals surface area contributed by atoms with Crippen molar-refractivity contribution in [3.8, 4) is 6.07 Å². The van der Waals surface area contributed by atoms with Crippen LogP contribution in [0.4, 0.5) is 0 Å². The van der Waals surface area contributed by atoms with Crippen LogP contribution in [0.15, 0.2) is 0 Å². The first-order valence-electron chi connectivity index (χ1n) is 4.95. The van der Waals surface area contributed by atoms with E-state index in [2.05, 4.69) is 5.32 Å². The molecule has 0 aliphatic heterocycles. The fourth-order valence-corrected chi connectivity index (χ4v) is 0.930. The quantitative estimate of drug-likeness (QED) is 0.678. The molecule has 0 bridgehead atoms. The summed E-state index contributed by atoms with van der Waals surface area (Å²) >= 11 is 0. The molecule has 0 rings (SSSR count). The number of carbonyl (C=O) groups excluding carboxylic acids is 1. The molecule has 0 aliphatic carbocycles. The predicted octanol–water partition coefficient (Wildman–Crippen LogP) is 0.636. The predicted molar refractivity (Wildman–Crippen MR) is 55.2 cm³/mol. The molecule has 0 heterocycles. The van der Waals surface area contributed by atoms with Crippen molar-refractivity contribution in [2.24, 2.45) is 17.6 Å². The number of nitrogens with two attached hydrogens (primary N) is 1. The lowest BCUT2D eigenvalue weighted by Crippen LogP contribution is -2.45. The van der Waals surface area contributed by atoms with Gasteiger partial charge in [-0.25, -0.2) is 0 Å². The zero-order valence-corrected chi connectivity index (χ0v) is 9.08. The molecule has 0 saturated carbocycles. The Bertz CT molecular complexity index is 222. The van der Waals surface area contributed by atoms with E-state index in [9.17, 15) is 4.79 Å². The molecule has 14 heavy (non-hydrogen) atoms. The lowest BCUT2D eigenvalue weighted by atomic mass is 9.99. The first-order chi connectivity index (χ1) is 6.52. The molecule has 0 fully saturated rings. The third kappa shape index (κ3) is 4.24. The van der Waals surface area contributed by atoms with Crippen LogP contribution in [0, 0.1) is 23.2 Å². The van der Waals surface area contributed by atoms with Gasteiger partial charge in [0.1, 0.15) is 0 Å².